The molecule has 4 nitrogen and oxygen atoms in total. The lowest BCUT2D eigenvalue weighted by molar-refractivity contribution is 0.0364. The van der Waals surface area contributed by atoms with E-state index in [1.807, 2.05) is 38.1 Å². The molecule has 0 radical (unpaired) electrons. The summed E-state index contributed by atoms with van der Waals surface area (Å²) in [4.78, 5) is 2.62. The Hall–Kier alpha value is -1.17. The van der Waals surface area contributed by atoms with E-state index in [1.165, 1.54) is 0 Å². The summed E-state index contributed by atoms with van der Waals surface area (Å²) in [6.45, 7) is 8.91. The van der Waals surface area contributed by atoms with Crippen LogP contribution in [0.3, 0.4) is 0 Å². The summed E-state index contributed by atoms with van der Waals surface area (Å²) in [5.41, 5.74) is 5.74. The van der Waals surface area contributed by atoms with Crippen molar-refractivity contribution in [1.29, 1.82) is 0 Å². The van der Waals surface area contributed by atoms with Crippen LogP contribution in [-0.4, -0.2) is 46.8 Å². The van der Waals surface area contributed by atoms with Crippen LogP contribution in [0, 0.1) is 0 Å². The SMILES string of the molecule is CCN(CCCOc1ccc(C(N)=S)cc1)CC(C)(C)O. The molecule has 0 saturated heterocycles. The molecule has 0 atom stereocenters. The number of hydrogen-bond donors (Lipinski definition) is 2. The zero-order valence-electron chi connectivity index (χ0n) is 13.1. The van der Waals surface area contributed by atoms with E-state index in [2.05, 4.69) is 11.8 Å². The molecule has 0 saturated carbocycles. The average molecular weight is 310 g/mol. The summed E-state index contributed by atoms with van der Waals surface area (Å²) in [7, 11) is 0. The lowest BCUT2D eigenvalue weighted by Gasteiger charge is -2.27. The molecule has 118 valence electrons. The average Bonchev–Trinajstić information content (AvgIpc) is 2.41. The lowest BCUT2D eigenvalue weighted by Crippen LogP contribution is -2.39. The second kappa shape index (κ2) is 8.32. The number of benzene rings is 1. The fourth-order valence-electron chi connectivity index (χ4n) is 2.09. The molecule has 5 heteroatoms. The third kappa shape index (κ3) is 7.41. The lowest BCUT2D eigenvalue weighted by atomic mass is 10.1. The summed E-state index contributed by atoms with van der Waals surface area (Å²) >= 11 is 4.91. The molecule has 0 aliphatic carbocycles. The third-order valence-electron chi connectivity index (χ3n) is 3.08. The van der Waals surface area contributed by atoms with E-state index < -0.39 is 5.60 Å². The molecule has 0 aliphatic rings. The maximum absolute atomic E-state index is 9.83. The molecule has 1 rings (SSSR count). The Morgan fingerprint density at radius 2 is 1.95 bits per heavy atom. The molecule has 1 aromatic carbocycles. The molecule has 3 N–H and O–H groups in total. The van der Waals surface area contributed by atoms with Crippen molar-refractivity contribution >= 4 is 17.2 Å². The van der Waals surface area contributed by atoms with E-state index in [9.17, 15) is 5.11 Å². The zero-order valence-corrected chi connectivity index (χ0v) is 13.9. The molecule has 0 amide bonds. The fourth-order valence-corrected chi connectivity index (χ4v) is 2.23. The molecule has 0 fully saturated rings. The highest BCUT2D eigenvalue weighted by molar-refractivity contribution is 7.80. The Bertz CT molecular complexity index is 441. The molecule has 0 bridgehead atoms. The second-order valence-electron chi connectivity index (χ2n) is 5.77. The van der Waals surface area contributed by atoms with Crippen molar-refractivity contribution < 1.29 is 9.84 Å². The Morgan fingerprint density at radius 3 is 2.43 bits per heavy atom. The van der Waals surface area contributed by atoms with Gasteiger partial charge in [0.05, 0.1) is 12.2 Å². The number of nitrogens with zero attached hydrogens (tertiary/aromatic N) is 1. The van der Waals surface area contributed by atoms with E-state index in [0.29, 0.717) is 18.1 Å². The summed E-state index contributed by atoms with van der Waals surface area (Å²) in [5, 5.41) is 9.83. The normalized spacial score (nSPS) is 11.7. The summed E-state index contributed by atoms with van der Waals surface area (Å²) in [6, 6.07) is 7.49. The molecule has 21 heavy (non-hydrogen) atoms. The Kier molecular flexibility index (Phi) is 7.08. The van der Waals surface area contributed by atoms with Gasteiger partial charge in [-0.25, -0.2) is 0 Å². The van der Waals surface area contributed by atoms with Crippen LogP contribution >= 0.6 is 12.2 Å². The molecular weight excluding hydrogens is 284 g/mol. The van der Waals surface area contributed by atoms with Gasteiger partial charge < -0.3 is 20.5 Å². The van der Waals surface area contributed by atoms with Crippen LogP contribution in [0.15, 0.2) is 24.3 Å². The minimum Gasteiger partial charge on any atom is -0.494 e. The smallest absolute Gasteiger partial charge is 0.119 e. The van der Waals surface area contributed by atoms with Crippen molar-refractivity contribution in [3.8, 4) is 5.75 Å². The highest BCUT2D eigenvalue weighted by Crippen LogP contribution is 2.12. The number of likely N-dealkylation sites (N-methyl/N-ethyl adjacent to an activating group) is 1. The first kappa shape index (κ1) is 17.9. The molecular formula is C16H26N2O2S. The minimum absolute atomic E-state index is 0.395. The number of hydrogen-bond acceptors (Lipinski definition) is 4. The van der Waals surface area contributed by atoms with E-state index in [-0.39, 0.29) is 0 Å². The zero-order chi connectivity index (χ0) is 15.9. The van der Waals surface area contributed by atoms with Gasteiger partial charge in [0.2, 0.25) is 0 Å². The first-order valence-corrected chi connectivity index (χ1v) is 7.70. The number of rotatable bonds is 9. The maximum Gasteiger partial charge on any atom is 0.119 e. The number of nitrogens with two attached hydrogens (primary N) is 1. The van der Waals surface area contributed by atoms with Crippen LogP contribution < -0.4 is 10.5 Å². The predicted molar refractivity (Wildman–Crippen MR) is 90.9 cm³/mol. The van der Waals surface area contributed by atoms with Crippen molar-refractivity contribution in [2.75, 3.05) is 26.2 Å². The second-order valence-corrected chi connectivity index (χ2v) is 6.21. The van der Waals surface area contributed by atoms with Gasteiger partial charge in [-0.15, -0.1) is 0 Å². The van der Waals surface area contributed by atoms with Crippen LogP contribution in [0.1, 0.15) is 32.8 Å². The monoisotopic (exact) mass is 310 g/mol. The molecule has 0 aromatic heterocycles. The van der Waals surface area contributed by atoms with E-state index >= 15 is 0 Å². The number of aliphatic hydroxyl groups is 1. The van der Waals surface area contributed by atoms with Crippen LogP contribution in [0.25, 0.3) is 0 Å². The largest absolute Gasteiger partial charge is 0.494 e. The topological polar surface area (TPSA) is 58.7 Å². The quantitative estimate of drug-likeness (QED) is 0.541. The van der Waals surface area contributed by atoms with Gasteiger partial charge in [0.25, 0.3) is 0 Å². The van der Waals surface area contributed by atoms with Crippen LogP contribution in [0.5, 0.6) is 5.75 Å². The van der Waals surface area contributed by atoms with Crippen LogP contribution in [0.4, 0.5) is 0 Å². The highest BCUT2D eigenvalue weighted by Gasteiger charge is 2.16. The van der Waals surface area contributed by atoms with Gasteiger partial charge in [0.15, 0.2) is 0 Å². The summed E-state index contributed by atoms with van der Waals surface area (Å²) < 4.78 is 5.69. The Balaban J connectivity index is 2.31. The van der Waals surface area contributed by atoms with Crippen molar-refractivity contribution in [2.24, 2.45) is 5.73 Å². The van der Waals surface area contributed by atoms with E-state index in [1.54, 1.807) is 0 Å². The Labute approximate surface area is 132 Å². The van der Waals surface area contributed by atoms with Crippen molar-refractivity contribution in [1.82, 2.24) is 4.90 Å². The molecule has 0 spiro atoms. The summed E-state index contributed by atoms with van der Waals surface area (Å²) in [5.74, 6) is 0.820. The van der Waals surface area contributed by atoms with Gasteiger partial charge in [-0.2, -0.15) is 0 Å². The minimum atomic E-state index is -0.659. The first-order valence-electron chi connectivity index (χ1n) is 7.29. The number of thiocarbonyl (C=S) groups is 1. The number of ether oxygens (including phenoxy) is 1. The van der Waals surface area contributed by atoms with Crippen molar-refractivity contribution in [3.63, 3.8) is 0 Å². The molecule has 1 aromatic rings. The molecule has 0 heterocycles. The van der Waals surface area contributed by atoms with E-state index in [0.717, 1.165) is 30.8 Å². The Morgan fingerprint density at radius 1 is 1.33 bits per heavy atom. The van der Waals surface area contributed by atoms with Gasteiger partial charge in [-0.1, -0.05) is 19.1 Å². The third-order valence-corrected chi connectivity index (χ3v) is 3.32. The van der Waals surface area contributed by atoms with Gasteiger partial charge in [0, 0.05) is 18.7 Å². The van der Waals surface area contributed by atoms with Crippen LogP contribution in [-0.2, 0) is 0 Å². The first-order chi connectivity index (χ1) is 9.81. The van der Waals surface area contributed by atoms with Gasteiger partial charge in [0.1, 0.15) is 10.7 Å². The van der Waals surface area contributed by atoms with Crippen molar-refractivity contribution in [3.05, 3.63) is 29.8 Å². The van der Waals surface area contributed by atoms with Crippen molar-refractivity contribution in [2.45, 2.75) is 32.8 Å². The van der Waals surface area contributed by atoms with Crippen LogP contribution in [0.2, 0.25) is 0 Å². The summed E-state index contributed by atoms with van der Waals surface area (Å²) in [6.07, 6.45) is 0.918. The van der Waals surface area contributed by atoms with Gasteiger partial charge in [-0.3, -0.25) is 0 Å². The van der Waals surface area contributed by atoms with Gasteiger partial charge >= 0.3 is 0 Å². The maximum atomic E-state index is 9.83. The van der Waals surface area contributed by atoms with Gasteiger partial charge in [-0.05, 0) is 51.1 Å². The highest BCUT2D eigenvalue weighted by atomic mass is 32.1. The fraction of sp³-hybridized carbons (Fsp3) is 0.562. The predicted octanol–water partition coefficient (Wildman–Crippen LogP) is 2.18. The molecule has 0 aliphatic heterocycles. The standard InChI is InChI=1S/C16H26N2O2S/c1-4-18(12-16(2,3)19)10-5-11-20-14-8-6-13(7-9-14)15(17)21/h6-9,19H,4-5,10-12H2,1-3H3,(H2,17,21). The van der Waals surface area contributed by atoms with E-state index in [4.69, 9.17) is 22.7 Å². The molecule has 0 unspecified atom stereocenters.